The summed E-state index contributed by atoms with van der Waals surface area (Å²) in [6, 6.07) is 4.25. The molecule has 0 aliphatic rings. The van der Waals surface area contributed by atoms with Gasteiger partial charge in [0.2, 0.25) is 0 Å². The molecule has 2 rings (SSSR count). The van der Waals surface area contributed by atoms with E-state index in [1.165, 1.54) is 0 Å². The fourth-order valence-corrected chi connectivity index (χ4v) is 2.37. The lowest BCUT2D eigenvalue weighted by Crippen LogP contribution is -2.07. The van der Waals surface area contributed by atoms with Gasteiger partial charge >= 0.3 is 12.4 Å². The number of alkyl halides is 6. The molecule has 0 saturated carbocycles. The summed E-state index contributed by atoms with van der Waals surface area (Å²) in [6.45, 7) is 0. The highest BCUT2D eigenvalue weighted by Crippen LogP contribution is 2.31. The van der Waals surface area contributed by atoms with Crippen LogP contribution in [0.3, 0.4) is 0 Å². The Labute approximate surface area is 124 Å². The summed E-state index contributed by atoms with van der Waals surface area (Å²) >= 11 is 0.536. The van der Waals surface area contributed by atoms with E-state index < -0.39 is 29.4 Å². The predicted molar refractivity (Wildman–Crippen MR) is 66.6 cm³/mol. The molecule has 0 fully saturated rings. The van der Waals surface area contributed by atoms with Gasteiger partial charge in [0.05, 0.1) is 5.56 Å². The first-order valence-electron chi connectivity index (χ1n) is 5.80. The lowest BCUT2D eigenvalue weighted by Gasteiger charge is -2.06. The van der Waals surface area contributed by atoms with Crippen LogP contribution in [0.4, 0.5) is 26.3 Å². The predicted octanol–water partition coefficient (Wildman–Crippen LogP) is 4.61. The third kappa shape index (κ3) is 3.85. The molecule has 22 heavy (non-hydrogen) atoms. The molecule has 0 spiro atoms. The molecule has 0 atom stereocenters. The molecule has 2 nitrogen and oxygen atoms in total. The van der Waals surface area contributed by atoms with Crippen molar-refractivity contribution in [3.05, 3.63) is 52.0 Å². The molecular weight excluding hydrogens is 332 g/mol. The fraction of sp³-hybridized carbons (Fsp3) is 0.231. The van der Waals surface area contributed by atoms with E-state index in [-0.39, 0.29) is 16.9 Å². The third-order valence-corrected chi connectivity index (χ3v) is 3.50. The Morgan fingerprint density at radius 3 is 2.05 bits per heavy atom. The van der Waals surface area contributed by atoms with Crippen LogP contribution in [0.1, 0.15) is 26.5 Å². The minimum Gasteiger partial charge on any atom is -0.294 e. The maximum Gasteiger partial charge on any atom is 0.434 e. The number of hydrogen-bond donors (Lipinski definition) is 0. The zero-order valence-corrected chi connectivity index (χ0v) is 11.4. The monoisotopic (exact) mass is 339 g/mol. The van der Waals surface area contributed by atoms with Crippen LogP contribution in [0.15, 0.2) is 30.3 Å². The van der Waals surface area contributed by atoms with Gasteiger partial charge < -0.3 is 0 Å². The molecule has 2 aromatic rings. The van der Waals surface area contributed by atoms with Crippen LogP contribution in [0, 0.1) is 0 Å². The standard InChI is InChI=1S/C13H7F6NOS/c14-12(15,16)8-3-1-7(2-4-8)10(21)5-9-6-11(20-22-9)13(17,18)19/h1-4,6H,5H2. The van der Waals surface area contributed by atoms with Crippen LogP contribution in [-0.2, 0) is 18.8 Å². The Kier molecular flexibility index (Phi) is 4.28. The first kappa shape index (κ1) is 16.5. The molecule has 0 N–H and O–H groups in total. The van der Waals surface area contributed by atoms with Crippen LogP contribution in [0.2, 0.25) is 0 Å². The lowest BCUT2D eigenvalue weighted by atomic mass is 10.1. The maximum absolute atomic E-state index is 12.4. The second kappa shape index (κ2) is 5.71. The number of carbonyl (C=O) groups excluding carboxylic acids is 1. The van der Waals surface area contributed by atoms with E-state index >= 15 is 0 Å². The van der Waals surface area contributed by atoms with Crippen LogP contribution < -0.4 is 0 Å². The first-order valence-corrected chi connectivity index (χ1v) is 6.58. The largest absolute Gasteiger partial charge is 0.434 e. The van der Waals surface area contributed by atoms with Gasteiger partial charge in [0.25, 0.3) is 0 Å². The normalized spacial score (nSPS) is 12.5. The molecule has 118 valence electrons. The van der Waals surface area contributed by atoms with E-state index in [4.69, 9.17) is 0 Å². The van der Waals surface area contributed by atoms with Crippen LogP contribution in [0.25, 0.3) is 0 Å². The number of ketones is 1. The molecule has 1 aromatic carbocycles. The summed E-state index contributed by atoms with van der Waals surface area (Å²) in [5.74, 6) is -0.578. The van der Waals surface area contributed by atoms with Gasteiger partial charge in [-0.05, 0) is 29.7 Å². The highest BCUT2D eigenvalue weighted by Gasteiger charge is 2.34. The minimum atomic E-state index is -4.59. The molecule has 0 unspecified atom stereocenters. The van der Waals surface area contributed by atoms with E-state index in [9.17, 15) is 31.1 Å². The molecule has 1 heterocycles. The number of rotatable bonds is 3. The SMILES string of the molecule is O=C(Cc1cc(C(F)(F)F)ns1)c1ccc(C(F)(F)F)cc1. The molecule has 0 aliphatic carbocycles. The van der Waals surface area contributed by atoms with Crippen molar-refractivity contribution in [2.24, 2.45) is 0 Å². The van der Waals surface area contributed by atoms with Gasteiger partial charge in [0.1, 0.15) is 0 Å². The Bertz CT molecular complexity index is 671. The highest BCUT2D eigenvalue weighted by molar-refractivity contribution is 7.05. The smallest absolute Gasteiger partial charge is 0.294 e. The number of nitrogens with zero attached hydrogens (tertiary/aromatic N) is 1. The highest BCUT2D eigenvalue weighted by atomic mass is 32.1. The van der Waals surface area contributed by atoms with Crippen molar-refractivity contribution in [2.75, 3.05) is 0 Å². The quantitative estimate of drug-likeness (QED) is 0.604. The van der Waals surface area contributed by atoms with Gasteiger partial charge in [-0.1, -0.05) is 12.1 Å². The minimum absolute atomic E-state index is 0.00467. The van der Waals surface area contributed by atoms with Crippen molar-refractivity contribution in [1.29, 1.82) is 0 Å². The van der Waals surface area contributed by atoms with Crippen LogP contribution in [0.5, 0.6) is 0 Å². The molecule has 0 amide bonds. The van der Waals surface area contributed by atoms with Crippen LogP contribution in [-0.4, -0.2) is 10.2 Å². The topological polar surface area (TPSA) is 30.0 Å². The fourth-order valence-electron chi connectivity index (χ4n) is 1.64. The number of carbonyl (C=O) groups is 1. The van der Waals surface area contributed by atoms with E-state index in [2.05, 4.69) is 4.37 Å². The Balaban J connectivity index is 2.11. The van der Waals surface area contributed by atoms with Crippen molar-refractivity contribution in [1.82, 2.24) is 4.37 Å². The summed E-state index contributed by atoms with van der Waals surface area (Å²) in [5, 5.41) is 0. The maximum atomic E-state index is 12.4. The second-order valence-corrected chi connectivity index (χ2v) is 5.24. The number of hydrogen-bond acceptors (Lipinski definition) is 3. The summed E-state index contributed by atoms with van der Waals surface area (Å²) in [6.07, 6.45) is -9.45. The average molecular weight is 339 g/mol. The molecule has 0 bridgehead atoms. The number of Topliss-reactive ketones (excluding diaryl/α,β-unsaturated/α-hetero) is 1. The number of aromatic nitrogens is 1. The molecule has 0 aliphatic heterocycles. The van der Waals surface area contributed by atoms with E-state index in [1.807, 2.05) is 0 Å². The summed E-state index contributed by atoms with van der Waals surface area (Å²) in [7, 11) is 0. The van der Waals surface area contributed by atoms with Crippen molar-refractivity contribution >= 4 is 17.3 Å². The number of halogens is 6. The molecule has 1 aromatic heterocycles. The zero-order valence-electron chi connectivity index (χ0n) is 10.6. The van der Waals surface area contributed by atoms with Crippen molar-refractivity contribution in [3.8, 4) is 0 Å². The van der Waals surface area contributed by atoms with E-state index in [0.29, 0.717) is 11.5 Å². The van der Waals surface area contributed by atoms with Crippen LogP contribution >= 0.6 is 11.5 Å². The van der Waals surface area contributed by atoms with Crippen molar-refractivity contribution in [2.45, 2.75) is 18.8 Å². The first-order chi connectivity index (χ1) is 10.1. The van der Waals surface area contributed by atoms with Gasteiger partial charge in [-0.25, -0.2) is 0 Å². The van der Waals surface area contributed by atoms with Gasteiger partial charge in [-0.3, -0.25) is 4.79 Å². The molecule has 9 heteroatoms. The molecular formula is C13H7F6NOS. The molecule has 0 saturated heterocycles. The Morgan fingerprint density at radius 1 is 1.00 bits per heavy atom. The lowest BCUT2D eigenvalue weighted by molar-refractivity contribution is -0.140. The van der Waals surface area contributed by atoms with Gasteiger partial charge in [-0.2, -0.15) is 30.7 Å². The number of benzene rings is 1. The van der Waals surface area contributed by atoms with E-state index in [1.54, 1.807) is 0 Å². The van der Waals surface area contributed by atoms with Crippen molar-refractivity contribution < 1.29 is 31.1 Å². The summed E-state index contributed by atoms with van der Waals surface area (Å²) < 4.78 is 77.5. The molecule has 0 radical (unpaired) electrons. The Hall–Kier alpha value is -1.90. The summed E-state index contributed by atoms with van der Waals surface area (Å²) in [4.78, 5) is 11.9. The summed E-state index contributed by atoms with van der Waals surface area (Å²) in [5.41, 5.74) is -2.00. The van der Waals surface area contributed by atoms with Gasteiger partial charge in [0, 0.05) is 16.9 Å². The third-order valence-electron chi connectivity index (χ3n) is 2.72. The van der Waals surface area contributed by atoms with Gasteiger partial charge in [0.15, 0.2) is 11.5 Å². The average Bonchev–Trinajstić information content (AvgIpc) is 2.86. The van der Waals surface area contributed by atoms with Crippen molar-refractivity contribution in [3.63, 3.8) is 0 Å². The van der Waals surface area contributed by atoms with Gasteiger partial charge in [-0.15, -0.1) is 0 Å². The zero-order chi connectivity index (χ0) is 16.5. The Morgan fingerprint density at radius 2 is 1.59 bits per heavy atom. The second-order valence-electron chi connectivity index (χ2n) is 4.35. The van der Waals surface area contributed by atoms with E-state index in [0.717, 1.165) is 30.3 Å².